The number of carbonyl (C=O) groups excluding carboxylic acids is 1. The van der Waals surface area contributed by atoms with Gasteiger partial charge in [-0.15, -0.1) is 0 Å². The molecule has 2 rings (SSSR count). The van der Waals surface area contributed by atoms with Gasteiger partial charge in [0.25, 0.3) is 11.6 Å². The van der Waals surface area contributed by atoms with Crippen LogP contribution in [-0.4, -0.2) is 23.7 Å². The van der Waals surface area contributed by atoms with Crippen LogP contribution in [0.3, 0.4) is 0 Å². The van der Waals surface area contributed by atoms with Crippen molar-refractivity contribution >= 4 is 33.7 Å². The van der Waals surface area contributed by atoms with Gasteiger partial charge in [-0.2, -0.15) is 5.10 Å². The van der Waals surface area contributed by atoms with Crippen molar-refractivity contribution in [1.29, 1.82) is 0 Å². The lowest BCUT2D eigenvalue weighted by Crippen LogP contribution is -2.24. The highest BCUT2D eigenvalue weighted by Gasteiger charge is 2.04. The van der Waals surface area contributed by atoms with Crippen LogP contribution in [0.4, 0.5) is 5.69 Å². The third-order valence-electron chi connectivity index (χ3n) is 3.01. The fourth-order valence-corrected chi connectivity index (χ4v) is 2.00. The van der Waals surface area contributed by atoms with Crippen molar-refractivity contribution in [2.75, 3.05) is 6.61 Å². The number of benzene rings is 2. The molecule has 7 nitrogen and oxygen atoms in total. The molecule has 24 heavy (non-hydrogen) atoms. The van der Waals surface area contributed by atoms with E-state index in [2.05, 4.69) is 26.5 Å². The van der Waals surface area contributed by atoms with Gasteiger partial charge in [-0.05, 0) is 48.4 Å². The van der Waals surface area contributed by atoms with Crippen molar-refractivity contribution in [1.82, 2.24) is 5.43 Å². The molecule has 0 fully saturated rings. The Kier molecular flexibility index (Phi) is 6.02. The molecule has 2 aromatic rings. The van der Waals surface area contributed by atoms with E-state index in [0.717, 1.165) is 10.0 Å². The first-order valence-electron chi connectivity index (χ1n) is 6.91. The van der Waals surface area contributed by atoms with Gasteiger partial charge in [-0.3, -0.25) is 14.9 Å². The molecule has 0 saturated heterocycles. The van der Waals surface area contributed by atoms with E-state index >= 15 is 0 Å². The zero-order chi connectivity index (χ0) is 17.5. The summed E-state index contributed by atoms with van der Waals surface area (Å²) in [6.07, 6.45) is 1.39. The zero-order valence-corrected chi connectivity index (χ0v) is 14.3. The Morgan fingerprint density at radius 1 is 1.33 bits per heavy atom. The van der Waals surface area contributed by atoms with Crippen molar-refractivity contribution in [2.24, 2.45) is 5.10 Å². The number of rotatable bonds is 6. The zero-order valence-electron chi connectivity index (χ0n) is 12.7. The minimum atomic E-state index is -0.482. The minimum absolute atomic E-state index is 0.00521. The summed E-state index contributed by atoms with van der Waals surface area (Å²) in [5, 5.41) is 14.3. The number of amides is 1. The number of hydrazone groups is 1. The van der Waals surface area contributed by atoms with E-state index in [1.165, 1.54) is 30.5 Å². The first-order valence-corrected chi connectivity index (χ1v) is 7.70. The van der Waals surface area contributed by atoms with Gasteiger partial charge in [-0.1, -0.05) is 15.9 Å². The van der Waals surface area contributed by atoms with Crippen LogP contribution in [0.15, 0.2) is 52.0 Å². The predicted molar refractivity (Wildman–Crippen MR) is 93.2 cm³/mol. The van der Waals surface area contributed by atoms with Crippen LogP contribution in [0.5, 0.6) is 5.75 Å². The molecule has 8 heteroatoms. The number of hydrogen-bond donors (Lipinski definition) is 1. The van der Waals surface area contributed by atoms with Gasteiger partial charge in [0.2, 0.25) is 0 Å². The molecule has 0 aliphatic rings. The first-order chi connectivity index (χ1) is 11.5. The number of nitrogens with one attached hydrogen (secondary N) is 1. The number of nitro benzene ring substituents is 1. The van der Waals surface area contributed by atoms with Crippen LogP contribution in [0.25, 0.3) is 0 Å². The maximum Gasteiger partial charge on any atom is 0.277 e. The molecule has 0 heterocycles. The fraction of sp³-hybridized carbons (Fsp3) is 0.125. The summed E-state index contributed by atoms with van der Waals surface area (Å²) in [6, 6.07) is 11.2. The van der Waals surface area contributed by atoms with Gasteiger partial charge in [0.1, 0.15) is 5.75 Å². The van der Waals surface area contributed by atoms with Gasteiger partial charge in [0.15, 0.2) is 6.61 Å². The lowest BCUT2D eigenvalue weighted by atomic mass is 10.2. The topological polar surface area (TPSA) is 93.8 Å². The summed E-state index contributed by atoms with van der Waals surface area (Å²) in [7, 11) is 0. The van der Waals surface area contributed by atoms with Crippen LogP contribution in [0.2, 0.25) is 0 Å². The summed E-state index contributed by atoms with van der Waals surface area (Å²) in [5.41, 5.74) is 3.96. The lowest BCUT2D eigenvalue weighted by Gasteiger charge is -2.06. The molecule has 0 radical (unpaired) electrons. The molecule has 0 bridgehead atoms. The van der Waals surface area contributed by atoms with Crippen molar-refractivity contribution < 1.29 is 14.5 Å². The molecule has 0 atom stereocenters. The third-order valence-corrected chi connectivity index (χ3v) is 3.90. The summed E-state index contributed by atoms with van der Waals surface area (Å²) >= 11 is 3.39. The minimum Gasteiger partial charge on any atom is -0.484 e. The number of non-ortho nitro benzene ring substituents is 1. The summed E-state index contributed by atoms with van der Waals surface area (Å²) in [5.74, 6) is 0.180. The monoisotopic (exact) mass is 391 g/mol. The molecule has 0 aliphatic carbocycles. The van der Waals surface area contributed by atoms with Crippen molar-refractivity contribution in [2.45, 2.75) is 6.92 Å². The second-order valence-corrected chi connectivity index (χ2v) is 5.70. The second kappa shape index (κ2) is 8.21. The number of carbonyl (C=O) groups is 1. The number of ether oxygens (including phenoxy) is 1. The highest BCUT2D eigenvalue weighted by molar-refractivity contribution is 9.10. The molecule has 0 spiro atoms. The molecule has 124 valence electrons. The Balaban J connectivity index is 1.81. The Morgan fingerprint density at radius 2 is 2.04 bits per heavy atom. The van der Waals surface area contributed by atoms with Crippen molar-refractivity contribution in [3.05, 3.63) is 68.2 Å². The van der Waals surface area contributed by atoms with Crippen LogP contribution >= 0.6 is 15.9 Å². The van der Waals surface area contributed by atoms with Crippen LogP contribution < -0.4 is 10.2 Å². The summed E-state index contributed by atoms with van der Waals surface area (Å²) in [6.45, 7) is 1.75. The molecular formula is C16H14BrN3O4. The van der Waals surface area contributed by atoms with Crippen LogP contribution in [-0.2, 0) is 4.79 Å². The number of aryl methyl sites for hydroxylation is 1. The summed E-state index contributed by atoms with van der Waals surface area (Å²) in [4.78, 5) is 21.7. The van der Waals surface area contributed by atoms with Crippen molar-refractivity contribution in [3.8, 4) is 5.75 Å². The second-order valence-electron chi connectivity index (χ2n) is 4.84. The average molecular weight is 392 g/mol. The van der Waals surface area contributed by atoms with Gasteiger partial charge in [0, 0.05) is 16.6 Å². The fourth-order valence-electron chi connectivity index (χ4n) is 1.75. The van der Waals surface area contributed by atoms with Crippen LogP contribution in [0, 0.1) is 17.0 Å². The molecule has 0 unspecified atom stereocenters. The van der Waals surface area contributed by atoms with E-state index in [4.69, 9.17) is 4.74 Å². The maximum absolute atomic E-state index is 11.7. The number of nitrogens with zero attached hydrogens (tertiary/aromatic N) is 2. The molecule has 1 amide bonds. The maximum atomic E-state index is 11.7. The SMILES string of the molecule is Cc1cc(OCC(=O)NN=Cc2ccc([N+](=O)[O-])cc2)ccc1Br. The lowest BCUT2D eigenvalue weighted by molar-refractivity contribution is -0.384. The van der Waals surface area contributed by atoms with E-state index in [1.54, 1.807) is 6.07 Å². The van der Waals surface area contributed by atoms with E-state index in [9.17, 15) is 14.9 Å². The molecular weight excluding hydrogens is 378 g/mol. The number of halogens is 1. The standard InChI is InChI=1S/C16H14BrN3O4/c1-11-8-14(6-7-15(11)17)24-10-16(21)19-18-9-12-2-4-13(5-3-12)20(22)23/h2-9H,10H2,1H3,(H,19,21). The van der Waals surface area contributed by atoms with Gasteiger partial charge < -0.3 is 4.74 Å². The highest BCUT2D eigenvalue weighted by Crippen LogP contribution is 2.21. The first kappa shape index (κ1) is 17.6. The Bertz CT molecular complexity index is 775. The molecule has 1 N–H and O–H groups in total. The van der Waals surface area contributed by atoms with E-state index in [0.29, 0.717) is 11.3 Å². The average Bonchev–Trinajstić information content (AvgIpc) is 2.56. The normalized spacial score (nSPS) is 10.6. The molecule has 0 saturated carbocycles. The van der Waals surface area contributed by atoms with E-state index < -0.39 is 10.8 Å². The molecule has 2 aromatic carbocycles. The van der Waals surface area contributed by atoms with Gasteiger partial charge in [0.05, 0.1) is 11.1 Å². The van der Waals surface area contributed by atoms with Crippen molar-refractivity contribution in [3.63, 3.8) is 0 Å². The van der Waals surface area contributed by atoms with Gasteiger partial charge in [-0.25, -0.2) is 5.43 Å². The number of hydrogen-bond acceptors (Lipinski definition) is 5. The molecule has 0 aliphatic heterocycles. The Hall–Kier alpha value is -2.74. The van der Waals surface area contributed by atoms with Crippen LogP contribution in [0.1, 0.15) is 11.1 Å². The third kappa shape index (κ3) is 5.17. The number of nitro groups is 1. The largest absolute Gasteiger partial charge is 0.484 e. The van der Waals surface area contributed by atoms with E-state index in [-0.39, 0.29) is 12.3 Å². The quantitative estimate of drug-likeness (QED) is 0.464. The Morgan fingerprint density at radius 3 is 2.67 bits per heavy atom. The summed E-state index contributed by atoms with van der Waals surface area (Å²) < 4.78 is 6.33. The molecule has 0 aromatic heterocycles. The smallest absolute Gasteiger partial charge is 0.277 e. The predicted octanol–water partition coefficient (Wildman–Crippen LogP) is 3.19. The Labute approximate surface area is 146 Å². The van der Waals surface area contributed by atoms with Gasteiger partial charge >= 0.3 is 0 Å². The highest BCUT2D eigenvalue weighted by atomic mass is 79.9. The van der Waals surface area contributed by atoms with E-state index in [1.807, 2.05) is 19.1 Å².